The van der Waals surface area contributed by atoms with E-state index in [2.05, 4.69) is 64.8 Å². The lowest BCUT2D eigenvalue weighted by atomic mass is 10.1. The lowest BCUT2D eigenvalue weighted by Gasteiger charge is -2.01. The van der Waals surface area contributed by atoms with E-state index in [4.69, 9.17) is 0 Å². The summed E-state index contributed by atoms with van der Waals surface area (Å²) in [6, 6.07) is 1.85. The SMILES string of the molecule is CC(C)=CCC/C(C)=C/C=NC(C#N)/C=C(\C)CCC=C(C)C. The molecule has 0 N–H and O–H groups in total. The Labute approximate surface area is 143 Å². The van der Waals surface area contributed by atoms with Crippen LogP contribution in [-0.2, 0) is 0 Å². The van der Waals surface area contributed by atoms with Crippen LogP contribution in [0.2, 0.25) is 0 Å². The Morgan fingerprint density at radius 2 is 1.43 bits per heavy atom. The maximum Gasteiger partial charge on any atom is 0.154 e. The summed E-state index contributed by atoms with van der Waals surface area (Å²) in [6.07, 6.45) is 14.3. The fourth-order valence-corrected chi connectivity index (χ4v) is 1.99. The average Bonchev–Trinajstić information content (AvgIpc) is 2.45. The lowest BCUT2D eigenvalue weighted by molar-refractivity contribution is 0.933. The molecule has 0 aliphatic carbocycles. The van der Waals surface area contributed by atoms with Gasteiger partial charge in [0, 0.05) is 6.21 Å². The number of hydrogen-bond donors (Lipinski definition) is 0. The molecular formula is C21H32N2. The van der Waals surface area contributed by atoms with Crippen molar-refractivity contribution in [1.82, 2.24) is 0 Å². The van der Waals surface area contributed by atoms with Crippen LogP contribution >= 0.6 is 0 Å². The van der Waals surface area contributed by atoms with Gasteiger partial charge in [0.1, 0.15) is 0 Å². The van der Waals surface area contributed by atoms with Crippen LogP contribution in [0, 0.1) is 11.3 Å². The van der Waals surface area contributed by atoms with Gasteiger partial charge in [-0.2, -0.15) is 5.26 Å². The molecule has 126 valence electrons. The average molecular weight is 313 g/mol. The molecule has 1 unspecified atom stereocenters. The highest BCUT2D eigenvalue weighted by molar-refractivity contribution is 5.72. The Hall–Kier alpha value is -1.88. The van der Waals surface area contributed by atoms with Crippen molar-refractivity contribution in [3.8, 4) is 6.07 Å². The minimum Gasteiger partial charge on any atom is -0.270 e. The van der Waals surface area contributed by atoms with Crippen LogP contribution in [0.15, 0.2) is 51.6 Å². The Kier molecular flexibility index (Phi) is 11.6. The van der Waals surface area contributed by atoms with Crippen molar-refractivity contribution in [3.63, 3.8) is 0 Å². The number of rotatable bonds is 9. The van der Waals surface area contributed by atoms with Gasteiger partial charge in [0.15, 0.2) is 6.04 Å². The van der Waals surface area contributed by atoms with E-state index in [0.29, 0.717) is 0 Å². The minimum atomic E-state index is -0.386. The first-order valence-electron chi connectivity index (χ1n) is 8.37. The third kappa shape index (κ3) is 13.5. The van der Waals surface area contributed by atoms with Gasteiger partial charge in [0.05, 0.1) is 6.07 Å². The van der Waals surface area contributed by atoms with Crippen molar-refractivity contribution < 1.29 is 0 Å². The molecular weight excluding hydrogens is 280 g/mol. The number of aliphatic imine (C=N–C) groups is 1. The summed E-state index contributed by atoms with van der Waals surface area (Å²) < 4.78 is 0. The van der Waals surface area contributed by atoms with Gasteiger partial charge in [-0.1, -0.05) is 34.4 Å². The zero-order chi connectivity index (χ0) is 17.7. The Morgan fingerprint density at radius 3 is 1.91 bits per heavy atom. The molecule has 0 fully saturated rings. The largest absolute Gasteiger partial charge is 0.270 e. The highest BCUT2D eigenvalue weighted by Crippen LogP contribution is 2.09. The second-order valence-electron chi connectivity index (χ2n) is 6.54. The Morgan fingerprint density at radius 1 is 0.913 bits per heavy atom. The van der Waals surface area contributed by atoms with Gasteiger partial charge in [-0.3, -0.25) is 4.99 Å². The van der Waals surface area contributed by atoms with E-state index >= 15 is 0 Å². The fourth-order valence-electron chi connectivity index (χ4n) is 1.99. The van der Waals surface area contributed by atoms with Crippen molar-refractivity contribution in [2.24, 2.45) is 4.99 Å². The van der Waals surface area contributed by atoms with E-state index in [9.17, 15) is 5.26 Å². The van der Waals surface area contributed by atoms with Crippen LogP contribution in [0.25, 0.3) is 0 Å². The molecule has 0 heterocycles. The van der Waals surface area contributed by atoms with E-state index in [-0.39, 0.29) is 6.04 Å². The normalized spacial score (nSPS) is 13.6. The predicted molar refractivity (Wildman–Crippen MR) is 103 cm³/mol. The summed E-state index contributed by atoms with van der Waals surface area (Å²) in [7, 11) is 0. The van der Waals surface area contributed by atoms with Gasteiger partial charge < -0.3 is 0 Å². The quantitative estimate of drug-likeness (QED) is 0.361. The minimum absolute atomic E-state index is 0.386. The second kappa shape index (κ2) is 12.6. The Balaban J connectivity index is 4.49. The van der Waals surface area contributed by atoms with Crippen LogP contribution in [0.3, 0.4) is 0 Å². The first-order valence-corrected chi connectivity index (χ1v) is 8.37. The molecule has 0 spiro atoms. The number of nitriles is 1. The summed E-state index contributed by atoms with van der Waals surface area (Å²) in [6.45, 7) is 12.6. The first-order chi connectivity index (χ1) is 10.8. The maximum absolute atomic E-state index is 9.21. The highest BCUT2D eigenvalue weighted by atomic mass is 14.8. The van der Waals surface area contributed by atoms with Crippen molar-refractivity contribution in [3.05, 3.63) is 46.6 Å². The van der Waals surface area contributed by atoms with Gasteiger partial charge >= 0.3 is 0 Å². The summed E-state index contributed by atoms with van der Waals surface area (Å²) >= 11 is 0. The number of hydrogen-bond acceptors (Lipinski definition) is 2. The van der Waals surface area contributed by atoms with Gasteiger partial charge in [-0.15, -0.1) is 0 Å². The summed E-state index contributed by atoms with van der Waals surface area (Å²) in [5.41, 5.74) is 5.19. The molecule has 0 saturated heterocycles. The highest BCUT2D eigenvalue weighted by Gasteiger charge is 1.99. The summed E-state index contributed by atoms with van der Waals surface area (Å²) in [4.78, 5) is 4.34. The molecule has 2 heteroatoms. The van der Waals surface area contributed by atoms with Crippen LogP contribution in [-0.4, -0.2) is 12.3 Å². The molecule has 0 radical (unpaired) electrons. The maximum atomic E-state index is 9.21. The van der Waals surface area contributed by atoms with Crippen LogP contribution in [0.1, 0.15) is 67.2 Å². The van der Waals surface area contributed by atoms with E-state index in [1.807, 2.05) is 12.2 Å². The third-order valence-corrected chi connectivity index (χ3v) is 3.36. The molecule has 0 aliphatic heterocycles. The predicted octanol–water partition coefficient (Wildman–Crippen LogP) is 6.33. The molecule has 0 aliphatic rings. The van der Waals surface area contributed by atoms with E-state index in [0.717, 1.165) is 25.7 Å². The zero-order valence-electron chi connectivity index (χ0n) is 15.7. The van der Waals surface area contributed by atoms with Gasteiger partial charge in [0.25, 0.3) is 0 Å². The molecule has 0 aromatic heterocycles. The standard InChI is InChI=1S/C21H32N2/c1-17(2)9-7-11-19(5)13-14-23-21(16-22)15-20(6)12-8-10-18(3)4/h9-10,13-15,21H,7-8,11-12H2,1-6H3/b19-13+,20-15+,23-14?. The van der Waals surface area contributed by atoms with Crippen LogP contribution < -0.4 is 0 Å². The monoisotopic (exact) mass is 312 g/mol. The van der Waals surface area contributed by atoms with E-state index in [1.165, 1.54) is 22.3 Å². The summed E-state index contributed by atoms with van der Waals surface area (Å²) in [5.74, 6) is 0. The molecule has 0 aromatic rings. The third-order valence-electron chi connectivity index (χ3n) is 3.36. The van der Waals surface area contributed by atoms with Gasteiger partial charge in [0.2, 0.25) is 0 Å². The molecule has 0 aromatic carbocycles. The van der Waals surface area contributed by atoms with E-state index < -0.39 is 0 Å². The molecule has 2 nitrogen and oxygen atoms in total. The number of nitrogens with zero attached hydrogens (tertiary/aromatic N) is 2. The van der Waals surface area contributed by atoms with E-state index in [1.54, 1.807) is 6.21 Å². The molecule has 0 bridgehead atoms. The van der Waals surface area contributed by atoms with Crippen molar-refractivity contribution in [2.75, 3.05) is 0 Å². The molecule has 23 heavy (non-hydrogen) atoms. The van der Waals surface area contributed by atoms with Gasteiger partial charge in [-0.25, -0.2) is 0 Å². The second-order valence-corrected chi connectivity index (χ2v) is 6.54. The van der Waals surface area contributed by atoms with Gasteiger partial charge in [-0.05, 0) is 79.4 Å². The zero-order valence-corrected chi connectivity index (χ0v) is 15.7. The molecule has 0 rings (SSSR count). The summed E-state index contributed by atoms with van der Waals surface area (Å²) in [5, 5.41) is 9.21. The number of allylic oxidation sites excluding steroid dienone is 7. The van der Waals surface area contributed by atoms with Crippen molar-refractivity contribution in [2.45, 2.75) is 73.3 Å². The molecule has 0 saturated carbocycles. The van der Waals surface area contributed by atoms with Crippen LogP contribution in [0.5, 0.6) is 0 Å². The fraction of sp³-hybridized carbons (Fsp3) is 0.524. The molecule has 1 atom stereocenters. The smallest absolute Gasteiger partial charge is 0.154 e. The van der Waals surface area contributed by atoms with Crippen LogP contribution in [0.4, 0.5) is 0 Å². The Bertz CT molecular complexity index is 529. The topological polar surface area (TPSA) is 36.1 Å². The lowest BCUT2D eigenvalue weighted by Crippen LogP contribution is -1.97. The molecule has 0 amide bonds. The first kappa shape index (κ1) is 21.1. The van der Waals surface area contributed by atoms with Crippen molar-refractivity contribution >= 4 is 6.21 Å². The van der Waals surface area contributed by atoms with Crippen molar-refractivity contribution in [1.29, 1.82) is 5.26 Å².